The van der Waals surface area contributed by atoms with Gasteiger partial charge in [-0.25, -0.2) is 4.98 Å². The number of amides is 1. The largest absolute Gasteiger partial charge is 0.455 e. The molecule has 8 nitrogen and oxygen atoms in total. The van der Waals surface area contributed by atoms with E-state index in [1.807, 2.05) is 19.1 Å². The molecule has 0 fully saturated rings. The smallest absolute Gasteiger partial charge is 0.308 e. The first-order chi connectivity index (χ1) is 14.5. The second-order valence-corrected chi connectivity index (χ2v) is 6.60. The number of fused-ring (bicyclic) bond motifs is 1. The summed E-state index contributed by atoms with van der Waals surface area (Å²) in [5, 5.41) is 9.45. The molecule has 0 radical (unpaired) electrons. The van der Waals surface area contributed by atoms with E-state index >= 15 is 0 Å². The van der Waals surface area contributed by atoms with E-state index in [0.29, 0.717) is 16.6 Å². The van der Waals surface area contributed by atoms with E-state index in [0.717, 1.165) is 5.56 Å². The van der Waals surface area contributed by atoms with E-state index in [2.05, 4.69) is 4.98 Å². The summed E-state index contributed by atoms with van der Waals surface area (Å²) in [6, 6.07) is 15.9. The minimum atomic E-state index is -0.621. The van der Waals surface area contributed by atoms with Crippen LogP contribution in [0.2, 0.25) is 0 Å². The van der Waals surface area contributed by atoms with Gasteiger partial charge >= 0.3 is 5.97 Å². The molecule has 0 atom stereocenters. The van der Waals surface area contributed by atoms with E-state index in [1.165, 1.54) is 15.8 Å². The van der Waals surface area contributed by atoms with Gasteiger partial charge in [0.25, 0.3) is 11.5 Å². The van der Waals surface area contributed by atoms with Gasteiger partial charge in [0.1, 0.15) is 6.54 Å². The normalized spacial score (nSPS) is 10.4. The lowest BCUT2D eigenvalue weighted by Crippen LogP contribution is -2.35. The Morgan fingerprint density at radius 1 is 1.17 bits per heavy atom. The molecular weight excluding hydrogens is 384 g/mol. The van der Waals surface area contributed by atoms with Crippen molar-refractivity contribution < 1.29 is 14.3 Å². The number of benzene rings is 2. The molecule has 8 heteroatoms. The van der Waals surface area contributed by atoms with Crippen molar-refractivity contribution in [1.29, 1.82) is 5.26 Å². The van der Waals surface area contributed by atoms with Crippen LogP contribution >= 0.6 is 0 Å². The number of aromatic nitrogens is 2. The van der Waals surface area contributed by atoms with Crippen molar-refractivity contribution >= 4 is 28.5 Å². The predicted molar refractivity (Wildman–Crippen MR) is 111 cm³/mol. The summed E-state index contributed by atoms with van der Waals surface area (Å²) in [6.45, 7) is 1.32. The van der Waals surface area contributed by atoms with Gasteiger partial charge in [-0.1, -0.05) is 30.3 Å². The molecule has 0 aliphatic heterocycles. The van der Waals surface area contributed by atoms with Gasteiger partial charge in [-0.15, -0.1) is 0 Å². The summed E-state index contributed by atoms with van der Waals surface area (Å²) in [4.78, 5) is 42.5. The van der Waals surface area contributed by atoms with Crippen LogP contribution in [0.4, 0.5) is 5.69 Å². The molecule has 0 N–H and O–H groups in total. The molecule has 0 aliphatic carbocycles. The molecule has 0 unspecified atom stereocenters. The molecular formula is C22H20N4O4. The number of ether oxygens (including phenoxy) is 1. The van der Waals surface area contributed by atoms with Gasteiger partial charge in [0.15, 0.2) is 6.61 Å². The highest BCUT2D eigenvalue weighted by molar-refractivity contribution is 5.95. The molecule has 1 aromatic heterocycles. The average molecular weight is 404 g/mol. The van der Waals surface area contributed by atoms with E-state index in [9.17, 15) is 14.4 Å². The zero-order valence-corrected chi connectivity index (χ0v) is 16.4. The molecule has 2 aromatic carbocycles. The Hall–Kier alpha value is -3.99. The fourth-order valence-corrected chi connectivity index (χ4v) is 3.00. The number of nitriles is 1. The Balaban J connectivity index is 1.59. The second kappa shape index (κ2) is 9.47. The molecule has 1 amide bonds. The van der Waals surface area contributed by atoms with Gasteiger partial charge in [-0.2, -0.15) is 5.26 Å². The minimum absolute atomic E-state index is 0.0866. The van der Waals surface area contributed by atoms with Crippen LogP contribution in [0.3, 0.4) is 0 Å². The van der Waals surface area contributed by atoms with Crippen molar-refractivity contribution in [2.24, 2.45) is 0 Å². The topological polar surface area (TPSA) is 105 Å². The van der Waals surface area contributed by atoms with Crippen LogP contribution in [0.1, 0.15) is 12.0 Å². The van der Waals surface area contributed by atoms with Gasteiger partial charge < -0.3 is 4.74 Å². The zero-order chi connectivity index (χ0) is 21.5. The average Bonchev–Trinajstić information content (AvgIpc) is 2.76. The lowest BCUT2D eigenvalue weighted by molar-refractivity contribution is -0.148. The number of esters is 1. The number of rotatable bonds is 7. The quantitative estimate of drug-likeness (QED) is 0.442. The van der Waals surface area contributed by atoms with Crippen molar-refractivity contribution in [3.05, 3.63) is 70.8 Å². The SMILES string of the molecule is Cc1cccc2c(=O)n(CCC(=O)OCC(=O)N(CC#N)c3ccccc3)cnc12. The fraction of sp³-hybridized carbons (Fsp3) is 0.227. The number of carbonyl (C=O) groups excluding carboxylic acids is 2. The van der Waals surface area contributed by atoms with E-state index in [1.54, 1.807) is 42.5 Å². The maximum Gasteiger partial charge on any atom is 0.308 e. The number of hydrogen-bond donors (Lipinski definition) is 0. The van der Waals surface area contributed by atoms with Crippen LogP contribution < -0.4 is 10.5 Å². The number of hydrogen-bond acceptors (Lipinski definition) is 6. The lowest BCUT2D eigenvalue weighted by atomic mass is 10.1. The third-order valence-corrected chi connectivity index (χ3v) is 4.57. The second-order valence-electron chi connectivity index (χ2n) is 6.60. The van der Waals surface area contributed by atoms with Crippen LogP contribution in [0.25, 0.3) is 10.9 Å². The molecule has 0 aliphatic rings. The summed E-state index contributed by atoms with van der Waals surface area (Å²) >= 11 is 0. The first-order valence-electron chi connectivity index (χ1n) is 9.34. The van der Waals surface area contributed by atoms with Gasteiger partial charge in [-0.3, -0.25) is 23.9 Å². The summed E-state index contributed by atoms with van der Waals surface area (Å²) < 4.78 is 6.39. The Morgan fingerprint density at radius 3 is 2.67 bits per heavy atom. The molecule has 1 heterocycles. The molecule has 0 spiro atoms. The highest BCUT2D eigenvalue weighted by atomic mass is 16.5. The van der Waals surface area contributed by atoms with Crippen molar-refractivity contribution in [1.82, 2.24) is 9.55 Å². The first kappa shape index (κ1) is 20.7. The summed E-state index contributed by atoms with van der Waals surface area (Å²) in [5.41, 5.74) is 1.83. The predicted octanol–water partition coefficient (Wildman–Crippen LogP) is 2.20. The van der Waals surface area contributed by atoms with E-state index in [-0.39, 0.29) is 25.1 Å². The van der Waals surface area contributed by atoms with Crippen molar-refractivity contribution in [2.75, 3.05) is 18.1 Å². The van der Waals surface area contributed by atoms with Crippen LogP contribution in [-0.2, 0) is 20.9 Å². The Labute approximate surface area is 172 Å². The molecule has 30 heavy (non-hydrogen) atoms. The van der Waals surface area contributed by atoms with Gasteiger partial charge in [-0.05, 0) is 30.7 Å². The molecule has 0 bridgehead atoms. The number of anilines is 1. The standard InChI is InChI=1S/C22H20N4O4/c1-16-6-5-9-18-21(16)24-15-25(22(18)29)12-10-20(28)30-14-19(27)26(13-11-23)17-7-3-2-4-8-17/h2-9,15H,10,12-14H2,1H3. The molecule has 0 saturated heterocycles. The van der Waals surface area contributed by atoms with Crippen LogP contribution in [-0.4, -0.2) is 34.6 Å². The number of aryl methyl sites for hydroxylation is 2. The van der Waals surface area contributed by atoms with Crippen molar-refractivity contribution in [3.8, 4) is 6.07 Å². The molecule has 0 saturated carbocycles. The van der Waals surface area contributed by atoms with Crippen LogP contribution in [0.15, 0.2) is 59.7 Å². The van der Waals surface area contributed by atoms with Gasteiger partial charge in [0.05, 0.1) is 29.7 Å². The first-order valence-corrected chi connectivity index (χ1v) is 9.34. The summed E-state index contributed by atoms with van der Waals surface area (Å²) in [7, 11) is 0. The van der Waals surface area contributed by atoms with Gasteiger partial charge in [0, 0.05) is 12.2 Å². The van der Waals surface area contributed by atoms with Gasteiger partial charge in [0.2, 0.25) is 0 Å². The molecule has 152 valence electrons. The monoisotopic (exact) mass is 404 g/mol. The van der Waals surface area contributed by atoms with Crippen LogP contribution in [0, 0.1) is 18.3 Å². The van der Waals surface area contributed by atoms with E-state index in [4.69, 9.17) is 10.00 Å². The highest BCUT2D eigenvalue weighted by Gasteiger charge is 2.17. The highest BCUT2D eigenvalue weighted by Crippen LogP contribution is 2.13. The number of nitrogens with zero attached hydrogens (tertiary/aromatic N) is 4. The Kier molecular flexibility index (Phi) is 6.55. The zero-order valence-electron chi connectivity index (χ0n) is 16.4. The third kappa shape index (κ3) is 4.70. The van der Waals surface area contributed by atoms with Crippen molar-refractivity contribution in [3.63, 3.8) is 0 Å². The van der Waals surface area contributed by atoms with E-state index < -0.39 is 18.5 Å². The molecule has 3 aromatic rings. The maximum atomic E-state index is 12.6. The molecule has 3 rings (SSSR count). The Morgan fingerprint density at radius 2 is 1.93 bits per heavy atom. The number of carbonyl (C=O) groups is 2. The number of para-hydroxylation sites is 2. The lowest BCUT2D eigenvalue weighted by Gasteiger charge is -2.19. The van der Waals surface area contributed by atoms with Crippen molar-refractivity contribution in [2.45, 2.75) is 19.9 Å². The fourth-order valence-electron chi connectivity index (χ4n) is 3.00. The maximum absolute atomic E-state index is 12.6. The third-order valence-electron chi connectivity index (χ3n) is 4.57. The Bertz CT molecular complexity index is 1170. The minimum Gasteiger partial charge on any atom is -0.455 e. The summed E-state index contributed by atoms with van der Waals surface area (Å²) in [5.74, 6) is -1.12. The summed E-state index contributed by atoms with van der Waals surface area (Å²) in [6.07, 6.45) is 1.32. The van der Waals surface area contributed by atoms with Crippen LogP contribution in [0.5, 0.6) is 0 Å².